The van der Waals surface area contributed by atoms with Crippen molar-refractivity contribution in [1.29, 1.82) is 0 Å². The highest BCUT2D eigenvalue weighted by molar-refractivity contribution is 5.85. The van der Waals surface area contributed by atoms with Crippen LogP contribution in [0, 0.1) is 0 Å². The molecule has 4 nitrogen and oxygen atoms in total. The van der Waals surface area contributed by atoms with Crippen molar-refractivity contribution >= 4 is 12.0 Å². The molecular weight excluding hydrogens is 252 g/mol. The van der Waals surface area contributed by atoms with Crippen molar-refractivity contribution in [3.8, 4) is 0 Å². The molecule has 2 atom stereocenters. The summed E-state index contributed by atoms with van der Waals surface area (Å²) >= 11 is 0. The van der Waals surface area contributed by atoms with Gasteiger partial charge in [-0.3, -0.25) is 4.90 Å². The Morgan fingerprint density at radius 3 is 2.45 bits per heavy atom. The van der Waals surface area contributed by atoms with E-state index in [2.05, 4.69) is 36.2 Å². The number of rotatable bonds is 4. The zero-order valence-corrected chi connectivity index (χ0v) is 12.0. The van der Waals surface area contributed by atoms with Gasteiger partial charge in [-0.05, 0) is 31.1 Å². The van der Waals surface area contributed by atoms with Crippen LogP contribution in [0.3, 0.4) is 0 Å². The number of nitrogens with zero attached hydrogens (tertiary/aromatic N) is 1. The lowest BCUT2D eigenvalue weighted by Gasteiger charge is -2.36. The van der Waals surface area contributed by atoms with E-state index in [-0.39, 0.29) is 0 Å². The third-order valence-electron chi connectivity index (χ3n) is 3.44. The predicted octanol–water partition coefficient (Wildman–Crippen LogP) is 1.97. The molecule has 0 spiro atoms. The molecule has 1 aliphatic rings. The molecule has 4 heteroatoms. The van der Waals surface area contributed by atoms with Crippen LogP contribution in [0.15, 0.2) is 30.3 Å². The molecule has 0 amide bonds. The molecule has 2 N–H and O–H groups in total. The van der Waals surface area contributed by atoms with E-state index < -0.39 is 5.97 Å². The molecule has 1 aromatic carbocycles. The fourth-order valence-corrected chi connectivity index (χ4v) is 2.73. The molecular formula is C16H22N2O2. The summed E-state index contributed by atoms with van der Waals surface area (Å²) < 4.78 is 0. The number of aliphatic carboxylic acids is 1. The van der Waals surface area contributed by atoms with Crippen molar-refractivity contribution in [2.45, 2.75) is 32.5 Å². The Hall–Kier alpha value is -1.65. The first-order valence-corrected chi connectivity index (χ1v) is 7.01. The first-order valence-electron chi connectivity index (χ1n) is 7.01. The average molecular weight is 274 g/mol. The number of benzene rings is 1. The van der Waals surface area contributed by atoms with E-state index >= 15 is 0 Å². The molecule has 1 heterocycles. The van der Waals surface area contributed by atoms with Crippen LogP contribution in [0.4, 0.5) is 0 Å². The van der Waals surface area contributed by atoms with Gasteiger partial charge in [-0.25, -0.2) is 4.79 Å². The minimum Gasteiger partial charge on any atom is -0.478 e. The van der Waals surface area contributed by atoms with Gasteiger partial charge in [-0.1, -0.05) is 24.3 Å². The van der Waals surface area contributed by atoms with Crippen LogP contribution >= 0.6 is 0 Å². The monoisotopic (exact) mass is 274 g/mol. The maximum absolute atomic E-state index is 10.5. The second kappa shape index (κ2) is 6.68. The molecule has 0 aromatic heterocycles. The van der Waals surface area contributed by atoms with E-state index in [0.29, 0.717) is 12.1 Å². The van der Waals surface area contributed by atoms with Gasteiger partial charge in [0.1, 0.15) is 0 Å². The Kier molecular flexibility index (Phi) is 4.93. The molecule has 0 unspecified atom stereocenters. The summed E-state index contributed by atoms with van der Waals surface area (Å²) in [5.74, 6) is -0.919. The second-order valence-corrected chi connectivity index (χ2v) is 5.58. The average Bonchev–Trinajstić information content (AvgIpc) is 2.36. The zero-order valence-electron chi connectivity index (χ0n) is 12.0. The highest BCUT2D eigenvalue weighted by Gasteiger charge is 2.20. The van der Waals surface area contributed by atoms with E-state index in [1.54, 1.807) is 6.08 Å². The molecule has 0 aliphatic carbocycles. The first-order chi connectivity index (χ1) is 9.52. The van der Waals surface area contributed by atoms with E-state index in [0.717, 1.165) is 31.3 Å². The van der Waals surface area contributed by atoms with E-state index in [1.165, 1.54) is 5.56 Å². The lowest BCUT2D eigenvalue weighted by atomic mass is 10.1. The third-order valence-corrected chi connectivity index (χ3v) is 3.44. The smallest absolute Gasteiger partial charge is 0.328 e. The number of hydrogen-bond acceptors (Lipinski definition) is 3. The van der Waals surface area contributed by atoms with Crippen LogP contribution in [0.1, 0.15) is 25.0 Å². The van der Waals surface area contributed by atoms with Gasteiger partial charge in [-0.15, -0.1) is 0 Å². The lowest BCUT2D eigenvalue weighted by molar-refractivity contribution is -0.131. The molecule has 1 fully saturated rings. The standard InChI is InChI=1S/C16H22N2O2/c1-12-9-18(10-13(2)17-12)11-15-5-3-14(4-6-15)7-8-16(19)20/h3-8,12-13,17H,9-11H2,1-2H3,(H,19,20)/b8-7+/t12-,13+. The summed E-state index contributed by atoms with van der Waals surface area (Å²) in [6, 6.07) is 9.11. The van der Waals surface area contributed by atoms with Crippen LogP contribution in [-0.2, 0) is 11.3 Å². The highest BCUT2D eigenvalue weighted by atomic mass is 16.4. The number of nitrogens with one attached hydrogen (secondary N) is 1. The van der Waals surface area contributed by atoms with Crippen LogP contribution < -0.4 is 5.32 Å². The summed E-state index contributed by atoms with van der Waals surface area (Å²) in [6.45, 7) is 7.49. The topological polar surface area (TPSA) is 52.6 Å². The van der Waals surface area contributed by atoms with Crippen LogP contribution in [0.5, 0.6) is 0 Å². The van der Waals surface area contributed by atoms with E-state index in [4.69, 9.17) is 5.11 Å². The fraction of sp³-hybridized carbons (Fsp3) is 0.438. The van der Waals surface area contributed by atoms with Crippen molar-refractivity contribution in [3.05, 3.63) is 41.5 Å². The molecule has 108 valence electrons. The summed E-state index contributed by atoms with van der Waals surface area (Å²) in [5, 5.41) is 12.1. The fourth-order valence-electron chi connectivity index (χ4n) is 2.73. The van der Waals surface area contributed by atoms with Gasteiger partial charge in [0.25, 0.3) is 0 Å². The Morgan fingerprint density at radius 1 is 1.30 bits per heavy atom. The van der Waals surface area contributed by atoms with Gasteiger partial charge in [0, 0.05) is 37.8 Å². The minimum atomic E-state index is -0.919. The maximum Gasteiger partial charge on any atom is 0.328 e. The molecule has 0 bridgehead atoms. The lowest BCUT2D eigenvalue weighted by Crippen LogP contribution is -2.53. The quantitative estimate of drug-likeness (QED) is 0.824. The predicted molar refractivity (Wildman–Crippen MR) is 80.4 cm³/mol. The van der Waals surface area contributed by atoms with Gasteiger partial charge < -0.3 is 10.4 Å². The number of piperazine rings is 1. The summed E-state index contributed by atoms with van der Waals surface area (Å²) in [5.41, 5.74) is 2.18. The molecule has 0 saturated carbocycles. The Bertz CT molecular complexity index is 472. The summed E-state index contributed by atoms with van der Waals surface area (Å²) in [7, 11) is 0. The maximum atomic E-state index is 10.5. The van der Waals surface area contributed by atoms with Crippen LogP contribution in [-0.4, -0.2) is 41.1 Å². The van der Waals surface area contributed by atoms with Gasteiger partial charge in [-0.2, -0.15) is 0 Å². The van der Waals surface area contributed by atoms with Gasteiger partial charge in [0.15, 0.2) is 0 Å². The highest BCUT2D eigenvalue weighted by Crippen LogP contribution is 2.12. The van der Waals surface area contributed by atoms with Gasteiger partial charge >= 0.3 is 5.97 Å². The number of carbonyl (C=O) groups is 1. The second-order valence-electron chi connectivity index (χ2n) is 5.58. The molecule has 2 rings (SSSR count). The SMILES string of the molecule is C[C@@H]1CN(Cc2ccc(/C=C/C(=O)O)cc2)C[C@H](C)N1. The first kappa shape index (κ1) is 14.8. The van der Waals surface area contributed by atoms with Gasteiger partial charge in [0.2, 0.25) is 0 Å². The molecule has 1 aromatic rings. The summed E-state index contributed by atoms with van der Waals surface area (Å²) in [4.78, 5) is 12.9. The Balaban J connectivity index is 1.95. The number of carboxylic acid groups (broad SMARTS) is 1. The molecule has 0 radical (unpaired) electrons. The number of hydrogen-bond donors (Lipinski definition) is 2. The van der Waals surface area contributed by atoms with Crippen molar-refractivity contribution in [1.82, 2.24) is 10.2 Å². The molecule has 20 heavy (non-hydrogen) atoms. The molecule has 1 saturated heterocycles. The van der Waals surface area contributed by atoms with E-state index in [9.17, 15) is 4.79 Å². The number of carboxylic acids is 1. The zero-order chi connectivity index (χ0) is 14.5. The Labute approximate surface area is 120 Å². The van der Waals surface area contributed by atoms with Gasteiger partial charge in [0.05, 0.1) is 0 Å². The van der Waals surface area contributed by atoms with Crippen molar-refractivity contribution in [2.24, 2.45) is 0 Å². The van der Waals surface area contributed by atoms with E-state index in [1.807, 2.05) is 12.1 Å². The minimum absolute atomic E-state index is 0.525. The summed E-state index contributed by atoms with van der Waals surface area (Å²) in [6.07, 6.45) is 2.77. The normalized spacial score (nSPS) is 24.1. The van der Waals surface area contributed by atoms with Crippen molar-refractivity contribution < 1.29 is 9.90 Å². The van der Waals surface area contributed by atoms with Crippen LogP contribution in [0.2, 0.25) is 0 Å². The molecule has 1 aliphatic heterocycles. The largest absolute Gasteiger partial charge is 0.478 e. The third kappa shape index (κ3) is 4.47. The van der Waals surface area contributed by atoms with Crippen LogP contribution in [0.25, 0.3) is 6.08 Å². The van der Waals surface area contributed by atoms with Crippen molar-refractivity contribution in [2.75, 3.05) is 13.1 Å². The van der Waals surface area contributed by atoms with Crippen molar-refractivity contribution in [3.63, 3.8) is 0 Å². The Morgan fingerprint density at radius 2 is 1.90 bits per heavy atom.